The minimum absolute atomic E-state index is 0.417. The zero-order chi connectivity index (χ0) is 21.3. The molecule has 0 aromatic rings. The molecular weight excluding hydrogens is 380 g/mol. The van der Waals surface area contributed by atoms with Gasteiger partial charge in [-0.25, -0.2) is 4.79 Å². The Balaban J connectivity index is 2.64. The van der Waals surface area contributed by atoms with Crippen LogP contribution in [0.1, 0.15) is 25.7 Å². The molecular formula is C15H22N4O9. The van der Waals surface area contributed by atoms with Gasteiger partial charge in [0.25, 0.3) is 0 Å². The fraction of sp³-hybridized carbons (Fsp3) is 0.600. The van der Waals surface area contributed by atoms with Crippen molar-refractivity contribution >= 4 is 35.6 Å². The summed E-state index contributed by atoms with van der Waals surface area (Å²) in [5.41, 5.74) is 0. The fourth-order valence-electron chi connectivity index (χ4n) is 2.48. The summed E-state index contributed by atoms with van der Waals surface area (Å²) in [6.45, 7) is 0.157. The second-order valence-corrected chi connectivity index (χ2v) is 6.08. The third-order valence-corrected chi connectivity index (χ3v) is 3.82. The molecule has 3 unspecified atom stereocenters. The molecule has 0 radical (unpaired) electrons. The molecule has 0 bridgehead atoms. The normalized spacial score (nSPS) is 17.8. The van der Waals surface area contributed by atoms with Gasteiger partial charge in [-0.3, -0.25) is 24.0 Å². The van der Waals surface area contributed by atoms with Crippen LogP contribution in [0.15, 0.2) is 0 Å². The van der Waals surface area contributed by atoms with Crippen molar-refractivity contribution in [3.63, 3.8) is 0 Å². The van der Waals surface area contributed by atoms with Gasteiger partial charge in [-0.05, 0) is 19.4 Å². The zero-order valence-electron chi connectivity index (χ0n) is 14.8. The minimum atomic E-state index is -1.80. The first-order valence-electron chi connectivity index (χ1n) is 8.37. The highest BCUT2D eigenvalue weighted by Gasteiger charge is 2.30. The molecule has 0 saturated carbocycles. The van der Waals surface area contributed by atoms with Gasteiger partial charge in [-0.1, -0.05) is 0 Å². The van der Waals surface area contributed by atoms with E-state index in [1.165, 1.54) is 0 Å². The Bertz CT molecular complexity index is 645. The van der Waals surface area contributed by atoms with Crippen molar-refractivity contribution in [2.24, 2.45) is 0 Å². The Morgan fingerprint density at radius 3 is 2.04 bits per heavy atom. The van der Waals surface area contributed by atoms with Gasteiger partial charge in [0.1, 0.15) is 12.1 Å². The summed E-state index contributed by atoms with van der Waals surface area (Å²) >= 11 is 0. The predicted octanol–water partition coefficient (Wildman–Crippen LogP) is -3.14. The summed E-state index contributed by atoms with van der Waals surface area (Å²) in [6.07, 6.45) is -0.377. The number of aliphatic carboxylic acids is 3. The molecule has 1 saturated heterocycles. The maximum atomic E-state index is 12.1. The van der Waals surface area contributed by atoms with Crippen LogP contribution in [0.2, 0.25) is 0 Å². The number of carboxylic acids is 3. The van der Waals surface area contributed by atoms with E-state index in [0.29, 0.717) is 13.0 Å². The smallest absolute Gasteiger partial charge is 0.326 e. The third kappa shape index (κ3) is 7.99. The van der Waals surface area contributed by atoms with Crippen LogP contribution in [0.3, 0.4) is 0 Å². The molecule has 1 fully saturated rings. The molecule has 13 heteroatoms. The van der Waals surface area contributed by atoms with Crippen LogP contribution in [0.5, 0.6) is 0 Å². The molecule has 0 aromatic heterocycles. The van der Waals surface area contributed by atoms with E-state index in [2.05, 4.69) is 16.0 Å². The van der Waals surface area contributed by atoms with E-state index in [1.807, 2.05) is 5.32 Å². The topological polar surface area (TPSA) is 211 Å². The van der Waals surface area contributed by atoms with Crippen LogP contribution in [0, 0.1) is 0 Å². The maximum Gasteiger partial charge on any atom is 0.326 e. The third-order valence-electron chi connectivity index (χ3n) is 3.82. The number of carboxylic acid groups (broad SMARTS) is 3. The molecule has 1 heterocycles. The summed E-state index contributed by atoms with van der Waals surface area (Å²) in [4.78, 5) is 68.4. The first kappa shape index (κ1) is 22.8. The standard InChI is InChI=1S/C15H22N4O9/c20-10(6-17-13(25)7-2-1-3-16-7)18-8(4-11(21)22)14(26)19-9(15(27)28)5-12(23)24/h7-9,16H,1-6H2,(H,17,25)(H,18,20)(H,19,26)(H,21,22)(H,23,24)(H,27,28). The van der Waals surface area contributed by atoms with Crippen molar-refractivity contribution in [3.05, 3.63) is 0 Å². The molecule has 1 aliphatic rings. The minimum Gasteiger partial charge on any atom is -0.481 e. The van der Waals surface area contributed by atoms with E-state index >= 15 is 0 Å². The van der Waals surface area contributed by atoms with Gasteiger partial charge in [0, 0.05) is 0 Å². The van der Waals surface area contributed by atoms with Crippen molar-refractivity contribution in [2.45, 2.75) is 43.8 Å². The zero-order valence-corrected chi connectivity index (χ0v) is 14.8. The van der Waals surface area contributed by atoms with Gasteiger partial charge < -0.3 is 36.6 Å². The Hall–Kier alpha value is -3.22. The molecule has 0 aromatic carbocycles. The lowest BCUT2D eigenvalue weighted by molar-refractivity contribution is -0.148. The van der Waals surface area contributed by atoms with Crippen LogP contribution in [-0.4, -0.2) is 82.2 Å². The summed E-state index contributed by atoms with van der Waals surface area (Å²) in [5, 5.41) is 35.7. The molecule has 1 rings (SSSR count). The summed E-state index contributed by atoms with van der Waals surface area (Å²) in [5.74, 6) is -7.03. The molecule has 28 heavy (non-hydrogen) atoms. The average molecular weight is 402 g/mol. The fourth-order valence-corrected chi connectivity index (χ4v) is 2.48. The largest absolute Gasteiger partial charge is 0.481 e. The second kappa shape index (κ2) is 10.8. The molecule has 13 nitrogen and oxygen atoms in total. The maximum absolute atomic E-state index is 12.1. The Kier molecular flexibility index (Phi) is 8.81. The highest BCUT2D eigenvalue weighted by molar-refractivity contribution is 5.95. The van der Waals surface area contributed by atoms with E-state index < -0.39 is 73.1 Å². The van der Waals surface area contributed by atoms with Gasteiger partial charge in [0.05, 0.1) is 25.4 Å². The first-order valence-corrected chi connectivity index (χ1v) is 8.37. The SMILES string of the molecule is O=C(O)CC(NC(=O)C(CC(=O)O)NC(=O)CNC(=O)C1CCCN1)C(=O)O. The van der Waals surface area contributed by atoms with Gasteiger partial charge >= 0.3 is 17.9 Å². The van der Waals surface area contributed by atoms with Crippen molar-refractivity contribution in [3.8, 4) is 0 Å². The predicted molar refractivity (Wildman–Crippen MR) is 90.0 cm³/mol. The molecule has 0 aliphatic carbocycles. The highest BCUT2D eigenvalue weighted by Crippen LogP contribution is 2.04. The Morgan fingerprint density at radius 1 is 0.929 bits per heavy atom. The molecule has 156 valence electrons. The summed E-state index contributed by atoms with van der Waals surface area (Å²) in [7, 11) is 0. The van der Waals surface area contributed by atoms with Crippen molar-refractivity contribution in [1.82, 2.24) is 21.3 Å². The van der Waals surface area contributed by atoms with Gasteiger partial charge in [0.15, 0.2) is 0 Å². The number of hydrogen-bond acceptors (Lipinski definition) is 7. The summed E-state index contributed by atoms with van der Waals surface area (Å²) in [6, 6.07) is -3.88. The van der Waals surface area contributed by atoms with Crippen molar-refractivity contribution < 1.29 is 44.1 Å². The van der Waals surface area contributed by atoms with Crippen molar-refractivity contribution in [1.29, 1.82) is 0 Å². The molecule has 7 N–H and O–H groups in total. The number of carbonyl (C=O) groups is 6. The number of rotatable bonds is 11. The summed E-state index contributed by atoms with van der Waals surface area (Å²) < 4.78 is 0. The van der Waals surface area contributed by atoms with E-state index in [0.717, 1.165) is 6.42 Å². The van der Waals surface area contributed by atoms with Crippen LogP contribution in [-0.2, 0) is 28.8 Å². The monoisotopic (exact) mass is 402 g/mol. The first-order chi connectivity index (χ1) is 13.1. The van der Waals surface area contributed by atoms with Crippen LogP contribution < -0.4 is 21.3 Å². The number of amides is 3. The number of hydrogen-bond donors (Lipinski definition) is 7. The lowest BCUT2D eigenvalue weighted by atomic mass is 10.1. The number of carbonyl (C=O) groups excluding carboxylic acids is 3. The van der Waals surface area contributed by atoms with E-state index in [4.69, 9.17) is 15.3 Å². The second-order valence-electron chi connectivity index (χ2n) is 6.08. The Labute approximate surface area is 158 Å². The van der Waals surface area contributed by atoms with Crippen LogP contribution in [0.25, 0.3) is 0 Å². The van der Waals surface area contributed by atoms with Gasteiger partial charge in [-0.15, -0.1) is 0 Å². The Morgan fingerprint density at radius 2 is 1.54 bits per heavy atom. The highest BCUT2D eigenvalue weighted by atomic mass is 16.4. The van der Waals surface area contributed by atoms with Gasteiger partial charge in [0.2, 0.25) is 17.7 Å². The van der Waals surface area contributed by atoms with Crippen LogP contribution in [0.4, 0.5) is 0 Å². The lowest BCUT2D eigenvalue weighted by Crippen LogP contribution is -2.54. The van der Waals surface area contributed by atoms with Gasteiger partial charge in [-0.2, -0.15) is 0 Å². The van der Waals surface area contributed by atoms with E-state index in [-0.39, 0.29) is 0 Å². The van der Waals surface area contributed by atoms with E-state index in [9.17, 15) is 28.8 Å². The number of nitrogens with one attached hydrogen (secondary N) is 4. The quantitative estimate of drug-likeness (QED) is 0.184. The molecule has 3 atom stereocenters. The lowest BCUT2D eigenvalue weighted by Gasteiger charge is -2.20. The molecule has 0 spiro atoms. The average Bonchev–Trinajstić information content (AvgIpc) is 3.12. The van der Waals surface area contributed by atoms with Crippen molar-refractivity contribution in [2.75, 3.05) is 13.1 Å². The molecule has 1 aliphatic heterocycles. The molecule has 3 amide bonds. The van der Waals surface area contributed by atoms with Crippen LogP contribution >= 0.6 is 0 Å². The van der Waals surface area contributed by atoms with E-state index in [1.54, 1.807) is 0 Å².